The van der Waals surface area contributed by atoms with Crippen LogP contribution < -0.4 is 5.32 Å². The number of carbonyl (C=O) groups excluding carboxylic acids is 2. The first-order valence-electron chi connectivity index (χ1n) is 9.07. The molecule has 0 aliphatic heterocycles. The van der Waals surface area contributed by atoms with E-state index in [0.29, 0.717) is 5.92 Å². The predicted molar refractivity (Wildman–Crippen MR) is 92.1 cm³/mol. The molecule has 4 atom stereocenters. The zero-order valence-corrected chi connectivity index (χ0v) is 14.5. The van der Waals surface area contributed by atoms with Crippen LogP contribution in [0.1, 0.15) is 57.6 Å². The third-order valence-electron chi connectivity index (χ3n) is 5.33. The molecule has 0 aromatic heterocycles. The molecule has 1 aromatic rings. The van der Waals surface area contributed by atoms with Gasteiger partial charge < -0.3 is 10.1 Å². The topological polar surface area (TPSA) is 55.4 Å². The standard InChI is InChI=1S/C20H27NO3/c1-13(2)24-19(22)12-18(15-6-4-3-5-7-15)21-20(23)17-11-14-8-9-16(17)10-14/h3-7,13-14,16-18H,8-12H2,1-2H3,(H,21,23). The molecule has 0 saturated heterocycles. The lowest BCUT2D eigenvalue weighted by Gasteiger charge is -2.25. The second kappa shape index (κ2) is 7.37. The van der Waals surface area contributed by atoms with Crippen LogP contribution in [0.25, 0.3) is 0 Å². The van der Waals surface area contributed by atoms with Crippen LogP contribution in [0.15, 0.2) is 30.3 Å². The number of benzene rings is 1. The van der Waals surface area contributed by atoms with Crippen molar-refractivity contribution in [1.82, 2.24) is 5.32 Å². The molecule has 1 aromatic carbocycles. The lowest BCUT2D eigenvalue weighted by Crippen LogP contribution is -2.37. The van der Waals surface area contributed by atoms with Crippen LogP contribution in [-0.4, -0.2) is 18.0 Å². The molecule has 0 spiro atoms. The highest BCUT2D eigenvalue weighted by atomic mass is 16.5. The van der Waals surface area contributed by atoms with Gasteiger partial charge in [-0.25, -0.2) is 0 Å². The molecule has 0 radical (unpaired) electrons. The average Bonchev–Trinajstić information content (AvgIpc) is 3.17. The molecule has 2 saturated carbocycles. The summed E-state index contributed by atoms with van der Waals surface area (Å²) in [4.78, 5) is 24.9. The first-order chi connectivity index (χ1) is 11.5. The summed E-state index contributed by atoms with van der Waals surface area (Å²) in [6.45, 7) is 3.67. The molecular weight excluding hydrogens is 302 g/mol. The number of hydrogen-bond donors (Lipinski definition) is 1. The maximum atomic E-state index is 12.8. The fourth-order valence-corrected chi connectivity index (χ4v) is 4.26. The molecule has 4 unspecified atom stereocenters. The Morgan fingerprint density at radius 1 is 1.17 bits per heavy atom. The average molecular weight is 329 g/mol. The van der Waals surface area contributed by atoms with Gasteiger partial charge in [-0.05, 0) is 50.5 Å². The molecule has 2 aliphatic rings. The highest BCUT2D eigenvalue weighted by Gasteiger charge is 2.43. The number of ether oxygens (including phenoxy) is 1. The van der Waals surface area contributed by atoms with Crippen LogP contribution in [0.2, 0.25) is 0 Å². The highest BCUT2D eigenvalue weighted by molar-refractivity contribution is 5.81. The maximum Gasteiger partial charge on any atom is 0.308 e. The van der Waals surface area contributed by atoms with Crippen molar-refractivity contribution in [2.45, 2.75) is 58.1 Å². The van der Waals surface area contributed by atoms with Crippen LogP contribution in [0, 0.1) is 17.8 Å². The molecule has 0 heterocycles. The molecule has 2 fully saturated rings. The van der Waals surface area contributed by atoms with Crippen LogP contribution in [0.5, 0.6) is 0 Å². The van der Waals surface area contributed by atoms with E-state index in [-0.39, 0.29) is 36.4 Å². The number of carbonyl (C=O) groups is 2. The smallest absolute Gasteiger partial charge is 0.308 e. The second-order valence-corrected chi connectivity index (χ2v) is 7.50. The Morgan fingerprint density at radius 2 is 1.92 bits per heavy atom. The van der Waals surface area contributed by atoms with Crippen molar-refractivity contribution in [1.29, 1.82) is 0 Å². The number of rotatable bonds is 6. The van der Waals surface area contributed by atoms with E-state index in [4.69, 9.17) is 4.74 Å². The summed E-state index contributed by atoms with van der Waals surface area (Å²) in [5.41, 5.74) is 0.953. The Balaban J connectivity index is 1.67. The number of amides is 1. The normalized spacial score (nSPS) is 26.4. The van der Waals surface area contributed by atoms with Gasteiger partial charge in [0.1, 0.15) is 0 Å². The monoisotopic (exact) mass is 329 g/mol. The van der Waals surface area contributed by atoms with Gasteiger partial charge in [0.15, 0.2) is 0 Å². The number of hydrogen-bond acceptors (Lipinski definition) is 3. The Hall–Kier alpha value is -1.84. The van der Waals surface area contributed by atoms with E-state index in [1.165, 1.54) is 19.3 Å². The highest BCUT2D eigenvalue weighted by Crippen LogP contribution is 2.48. The van der Waals surface area contributed by atoms with Crippen molar-refractivity contribution >= 4 is 11.9 Å². The van der Waals surface area contributed by atoms with E-state index in [1.54, 1.807) is 0 Å². The molecule has 130 valence electrons. The van der Waals surface area contributed by atoms with Crippen molar-refractivity contribution in [2.24, 2.45) is 17.8 Å². The van der Waals surface area contributed by atoms with Gasteiger partial charge in [0, 0.05) is 5.92 Å². The zero-order valence-electron chi connectivity index (χ0n) is 14.5. The van der Waals surface area contributed by atoms with Gasteiger partial charge in [0.25, 0.3) is 0 Å². The van der Waals surface area contributed by atoms with E-state index < -0.39 is 0 Å². The Morgan fingerprint density at radius 3 is 2.50 bits per heavy atom. The summed E-state index contributed by atoms with van der Waals surface area (Å²) in [5, 5.41) is 3.12. The van der Waals surface area contributed by atoms with E-state index in [2.05, 4.69) is 5.32 Å². The molecule has 2 bridgehead atoms. The molecule has 3 rings (SSSR count). The van der Waals surface area contributed by atoms with E-state index >= 15 is 0 Å². The predicted octanol–water partition coefficient (Wildman–Crippen LogP) is 3.62. The molecule has 4 nitrogen and oxygen atoms in total. The quantitative estimate of drug-likeness (QED) is 0.811. The molecular formula is C20H27NO3. The maximum absolute atomic E-state index is 12.8. The fourth-order valence-electron chi connectivity index (χ4n) is 4.26. The van der Waals surface area contributed by atoms with E-state index in [0.717, 1.165) is 17.9 Å². The van der Waals surface area contributed by atoms with Gasteiger partial charge in [-0.2, -0.15) is 0 Å². The molecule has 1 amide bonds. The third-order valence-corrected chi connectivity index (χ3v) is 5.33. The summed E-state index contributed by atoms with van der Waals surface area (Å²) in [7, 11) is 0. The third kappa shape index (κ3) is 3.97. The van der Waals surface area contributed by atoms with Gasteiger partial charge in [-0.1, -0.05) is 36.8 Å². The van der Waals surface area contributed by atoms with E-state index in [9.17, 15) is 9.59 Å². The summed E-state index contributed by atoms with van der Waals surface area (Å²) < 4.78 is 5.27. The van der Waals surface area contributed by atoms with Gasteiger partial charge in [-0.15, -0.1) is 0 Å². The number of fused-ring (bicyclic) bond motifs is 2. The van der Waals surface area contributed by atoms with Crippen LogP contribution in [0.4, 0.5) is 0 Å². The van der Waals surface area contributed by atoms with Crippen LogP contribution >= 0.6 is 0 Å². The summed E-state index contributed by atoms with van der Waals surface area (Å²) in [6, 6.07) is 9.39. The van der Waals surface area contributed by atoms with Crippen molar-refractivity contribution in [3.63, 3.8) is 0 Å². The van der Waals surface area contributed by atoms with Crippen molar-refractivity contribution < 1.29 is 14.3 Å². The minimum Gasteiger partial charge on any atom is -0.463 e. The minimum absolute atomic E-state index is 0.105. The Labute approximate surface area is 144 Å². The Bertz CT molecular complexity index is 584. The minimum atomic E-state index is -0.316. The van der Waals surface area contributed by atoms with Gasteiger partial charge >= 0.3 is 5.97 Å². The van der Waals surface area contributed by atoms with Crippen LogP contribution in [0.3, 0.4) is 0 Å². The van der Waals surface area contributed by atoms with Gasteiger partial charge in [-0.3, -0.25) is 9.59 Å². The first-order valence-corrected chi connectivity index (χ1v) is 9.07. The number of nitrogens with one attached hydrogen (secondary N) is 1. The summed E-state index contributed by atoms with van der Waals surface area (Å²) >= 11 is 0. The second-order valence-electron chi connectivity index (χ2n) is 7.50. The van der Waals surface area contributed by atoms with Crippen LogP contribution in [-0.2, 0) is 14.3 Å². The largest absolute Gasteiger partial charge is 0.463 e. The summed E-state index contributed by atoms with van der Waals surface area (Å²) in [5.74, 6) is 1.22. The van der Waals surface area contributed by atoms with Crippen molar-refractivity contribution in [2.75, 3.05) is 0 Å². The summed E-state index contributed by atoms with van der Waals surface area (Å²) in [6.07, 6.45) is 4.69. The number of esters is 1. The molecule has 2 aliphatic carbocycles. The van der Waals surface area contributed by atoms with Gasteiger partial charge in [0.2, 0.25) is 5.91 Å². The first kappa shape index (κ1) is 17.0. The lowest BCUT2D eigenvalue weighted by molar-refractivity contribution is -0.148. The fraction of sp³-hybridized carbons (Fsp3) is 0.600. The van der Waals surface area contributed by atoms with Crippen molar-refractivity contribution in [3.8, 4) is 0 Å². The molecule has 4 heteroatoms. The van der Waals surface area contributed by atoms with E-state index in [1.807, 2.05) is 44.2 Å². The molecule has 24 heavy (non-hydrogen) atoms. The zero-order chi connectivity index (χ0) is 17.1. The van der Waals surface area contributed by atoms with Crippen molar-refractivity contribution in [3.05, 3.63) is 35.9 Å². The Kier molecular flexibility index (Phi) is 5.22. The SMILES string of the molecule is CC(C)OC(=O)CC(NC(=O)C1CC2CCC1C2)c1ccccc1. The molecule has 1 N–H and O–H groups in total. The lowest BCUT2D eigenvalue weighted by atomic mass is 9.87. The van der Waals surface area contributed by atoms with Gasteiger partial charge in [0.05, 0.1) is 18.6 Å².